The number of ether oxygens (including phenoxy) is 2. The van der Waals surface area contributed by atoms with Crippen LogP contribution in [0.25, 0.3) is 0 Å². The monoisotopic (exact) mass is 271 g/mol. The third kappa shape index (κ3) is 1.50. The highest BCUT2D eigenvalue weighted by atomic mass is 16.5. The fourth-order valence-electron chi connectivity index (χ4n) is 4.10. The zero-order valence-electron chi connectivity index (χ0n) is 12.2. The van der Waals surface area contributed by atoms with Crippen LogP contribution in [0, 0.1) is 0 Å². The minimum absolute atomic E-state index is 0.0716. The summed E-state index contributed by atoms with van der Waals surface area (Å²) >= 11 is 0. The van der Waals surface area contributed by atoms with Gasteiger partial charge in [-0.25, -0.2) is 0 Å². The molecule has 4 rings (SSSR count). The van der Waals surface area contributed by atoms with Gasteiger partial charge in [0.05, 0.1) is 12.5 Å². The van der Waals surface area contributed by atoms with Crippen LogP contribution in [0.15, 0.2) is 24.3 Å². The topological polar surface area (TPSA) is 21.7 Å². The van der Waals surface area contributed by atoms with Crippen LogP contribution in [0.4, 0.5) is 0 Å². The van der Waals surface area contributed by atoms with Gasteiger partial charge in [-0.1, -0.05) is 18.2 Å². The normalized spacial score (nSPS) is 31.2. The van der Waals surface area contributed by atoms with Crippen molar-refractivity contribution in [2.75, 3.05) is 20.7 Å². The Hall–Kier alpha value is -1.48. The zero-order chi connectivity index (χ0) is 13.7. The first-order valence-corrected chi connectivity index (χ1v) is 7.48. The van der Waals surface area contributed by atoms with Gasteiger partial charge in [-0.15, -0.1) is 0 Å². The molecule has 0 N–H and O–H groups in total. The van der Waals surface area contributed by atoms with Crippen molar-refractivity contribution in [2.24, 2.45) is 0 Å². The Morgan fingerprint density at radius 1 is 1.40 bits per heavy atom. The van der Waals surface area contributed by atoms with E-state index in [0.717, 1.165) is 43.9 Å². The molecule has 3 aliphatic rings. The quantitative estimate of drug-likeness (QED) is 0.733. The number of hydrogen-bond acceptors (Lipinski definition) is 3. The van der Waals surface area contributed by atoms with Crippen LogP contribution in [0.2, 0.25) is 0 Å². The fraction of sp³-hybridized carbons (Fsp3) is 0.529. The number of nitrogens with zero attached hydrogens (tertiary/aromatic N) is 1. The van der Waals surface area contributed by atoms with E-state index in [1.807, 2.05) is 0 Å². The van der Waals surface area contributed by atoms with Gasteiger partial charge in [-0.05, 0) is 44.5 Å². The van der Waals surface area contributed by atoms with E-state index < -0.39 is 0 Å². The van der Waals surface area contributed by atoms with Crippen LogP contribution in [0.5, 0.6) is 11.5 Å². The minimum Gasteiger partial charge on any atom is -0.493 e. The first kappa shape index (κ1) is 12.3. The number of hydrogen-bond donors (Lipinski definition) is 0. The van der Waals surface area contributed by atoms with E-state index in [9.17, 15) is 0 Å². The second-order valence-corrected chi connectivity index (χ2v) is 6.25. The summed E-state index contributed by atoms with van der Waals surface area (Å²) in [4.78, 5) is 2.41. The molecular formula is C17H21NO2. The van der Waals surface area contributed by atoms with E-state index in [1.165, 1.54) is 11.1 Å². The molecule has 0 saturated carbocycles. The van der Waals surface area contributed by atoms with Crippen molar-refractivity contribution in [1.82, 2.24) is 4.90 Å². The van der Waals surface area contributed by atoms with Crippen molar-refractivity contribution in [3.63, 3.8) is 0 Å². The van der Waals surface area contributed by atoms with E-state index >= 15 is 0 Å². The second-order valence-electron chi connectivity index (χ2n) is 6.25. The van der Waals surface area contributed by atoms with Gasteiger partial charge < -0.3 is 14.4 Å². The van der Waals surface area contributed by atoms with E-state index in [0.29, 0.717) is 0 Å². The lowest BCUT2D eigenvalue weighted by Crippen LogP contribution is -2.39. The Labute approximate surface area is 120 Å². The Bertz CT molecular complexity index is 581. The molecule has 1 aliphatic carbocycles. The molecule has 106 valence electrons. The molecule has 0 radical (unpaired) electrons. The lowest BCUT2D eigenvalue weighted by atomic mass is 9.69. The van der Waals surface area contributed by atoms with Gasteiger partial charge in [0.2, 0.25) is 0 Å². The van der Waals surface area contributed by atoms with Crippen molar-refractivity contribution in [1.29, 1.82) is 0 Å². The standard InChI is InChI=1S/C17H21NO2/c1-18-10-9-17-8-4-3-5-14(17)20-16-13(19-2)7-6-12(11-18)15(16)17/h4,6-8,14H,3,5,9-11H2,1-2H3/t14-,17?/m0/s1. The van der Waals surface area contributed by atoms with Gasteiger partial charge in [0, 0.05) is 12.1 Å². The molecule has 1 unspecified atom stereocenters. The van der Waals surface area contributed by atoms with Gasteiger partial charge in [-0.2, -0.15) is 0 Å². The van der Waals surface area contributed by atoms with Crippen molar-refractivity contribution in [3.8, 4) is 11.5 Å². The summed E-state index contributed by atoms with van der Waals surface area (Å²) in [6.07, 6.45) is 8.39. The predicted molar refractivity (Wildman–Crippen MR) is 78.4 cm³/mol. The molecule has 1 spiro atoms. The predicted octanol–water partition coefficient (Wildman–Crippen LogP) is 2.88. The third-order valence-corrected chi connectivity index (χ3v) is 5.09. The maximum absolute atomic E-state index is 6.34. The average molecular weight is 271 g/mol. The van der Waals surface area contributed by atoms with Crippen LogP contribution in [0.3, 0.4) is 0 Å². The van der Waals surface area contributed by atoms with Gasteiger partial charge >= 0.3 is 0 Å². The lowest BCUT2D eigenvalue weighted by Gasteiger charge is -2.34. The first-order chi connectivity index (χ1) is 9.74. The molecule has 0 amide bonds. The van der Waals surface area contributed by atoms with Crippen LogP contribution in [-0.2, 0) is 12.0 Å². The highest BCUT2D eigenvalue weighted by Gasteiger charge is 2.51. The molecule has 1 aromatic rings. The van der Waals surface area contributed by atoms with Gasteiger partial charge in [-0.3, -0.25) is 0 Å². The molecular weight excluding hydrogens is 250 g/mol. The SMILES string of the molecule is COc1ccc2c3c1O[C@H]1CCC=CC31CCN(C)C2. The summed E-state index contributed by atoms with van der Waals surface area (Å²) in [6, 6.07) is 4.28. The molecule has 1 aromatic carbocycles. The Balaban J connectivity index is 1.98. The van der Waals surface area contributed by atoms with E-state index in [4.69, 9.17) is 9.47 Å². The molecule has 20 heavy (non-hydrogen) atoms. The Morgan fingerprint density at radius 3 is 3.15 bits per heavy atom. The average Bonchev–Trinajstić information content (AvgIpc) is 2.74. The van der Waals surface area contributed by atoms with Crippen LogP contribution < -0.4 is 9.47 Å². The molecule has 2 heterocycles. The second kappa shape index (κ2) is 4.26. The number of rotatable bonds is 1. The van der Waals surface area contributed by atoms with Gasteiger partial charge in [0.25, 0.3) is 0 Å². The third-order valence-electron chi connectivity index (χ3n) is 5.09. The molecule has 3 nitrogen and oxygen atoms in total. The molecule has 2 atom stereocenters. The van der Waals surface area contributed by atoms with Crippen LogP contribution in [0.1, 0.15) is 30.4 Å². The summed E-state index contributed by atoms with van der Waals surface area (Å²) in [6.45, 7) is 2.11. The summed E-state index contributed by atoms with van der Waals surface area (Å²) in [5, 5.41) is 0. The largest absolute Gasteiger partial charge is 0.493 e. The number of benzene rings is 1. The molecule has 2 aliphatic heterocycles. The first-order valence-electron chi connectivity index (χ1n) is 7.48. The molecule has 0 saturated heterocycles. The highest BCUT2D eigenvalue weighted by molar-refractivity contribution is 5.60. The van der Waals surface area contributed by atoms with Crippen LogP contribution in [-0.4, -0.2) is 31.7 Å². The Kier molecular flexibility index (Phi) is 2.61. The fourth-order valence-corrected chi connectivity index (χ4v) is 4.10. The maximum Gasteiger partial charge on any atom is 0.166 e. The van der Waals surface area contributed by atoms with Crippen LogP contribution >= 0.6 is 0 Å². The van der Waals surface area contributed by atoms with Crippen molar-refractivity contribution < 1.29 is 9.47 Å². The summed E-state index contributed by atoms with van der Waals surface area (Å²) in [7, 11) is 3.94. The summed E-state index contributed by atoms with van der Waals surface area (Å²) in [5.74, 6) is 1.88. The highest BCUT2D eigenvalue weighted by Crippen LogP contribution is 2.55. The molecule has 0 aromatic heterocycles. The van der Waals surface area contributed by atoms with Gasteiger partial charge in [0.15, 0.2) is 11.5 Å². The van der Waals surface area contributed by atoms with E-state index in [2.05, 4.69) is 36.2 Å². The number of methoxy groups -OCH3 is 1. The van der Waals surface area contributed by atoms with Crippen molar-refractivity contribution in [2.45, 2.75) is 37.3 Å². The van der Waals surface area contributed by atoms with Gasteiger partial charge in [0.1, 0.15) is 6.10 Å². The molecule has 0 fully saturated rings. The maximum atomic E-state index is 6.34. The molecule has 0 bridgehead atoms. The van der Waals surface area contributed by atoms with Crippen molar-refractivity contribution in [3.05, 3.63) is 35.4 Å². The Morgan fingerprint density at radius 2 is 2.30 bits per heavy atom. The lowest BCUT2D eigenvalue weighted by molar-refractivity contribution is 0.140. The summed E-state index contributed by atoms with van der Waals surface area (Å²) < 4.78 is 11.9. The minimum atomic E-state index is 0.0716. The zero-order valence-corrected chi connectivity index (χ0v) is 12.2. The molecule has 3 heteroatoms. The number of allylic oxidation sites excluding steroid dienone is 1. The summed E-state index contributed by atoms with van der Waals surface area (Å²) in [5.41, 5.74) is 2.86. The van der Waals surface area contributed by atoms with Crippen molar-refractivity contribution >= 4 is 0 Å². The smallest absolute Gasteiger partial charge is 0.166 e. The van der Waals surface area contributed by atoms with E-state index in [1.54, 1.807) is 7.11 Å². The van der Waals surface area contributed by atoms with E-state index in [-0.39, 0.29) is 11.5 Å².